The Morgan fingerprint density at radius 2 is 2.03 bits per heavy atom. The standard InChI is InChI=1S/C22H24N4OS2/c1-3-16-8-10-17(11-9-16)21-23-22(25-24-21)28-14-20(27)26-13-12-15(2)29-19-7-5-4-6-18(19)26/h4-11,15H,3,12-14H2,1-2H3,(H,23,24,25)/t15-/m1/s1. The second kappa shape index (κ2) is 9.05. The summed E-state index contributed by atoms with van der Waals surface area (Å²) >= 11 is 3.22. The van der Waals surface area contributed by atoms with Gasteiger partial charge in [0.25, 0.3) is 0 Å². The van der Waals surface area contributed by atoms with E-state index in [1.165, 1.54) is 22.2 Å². The zero-order valence-corrected chi connectivity index (χ0v) is 18.2. The van der Waals surface area contributed by atoms with Gasteiger partial charge >= 0.3 is 0 Å². The molecule has 4 rings (SSSR count). The van der Waals surface area contributed by atoms with E-state index in [1.807, 2.05) is 47.0 Å². The molecule has 1 aromatic heterocycles. The van der Waals surface area contributed by atoms with E-state index in [9.17, 15) is 4.79 Å². The molecule has 5 nitrogen and oxygen atoms in total. The molecular weight excluding hydrogens is 400 g/mol. The molecule has 0 radical (unpaired) electrons. The van der Waals surface area contributed by atoms with Gasteiger partial charge in [-0.15, -0.1) is 16.9 Å². The summed E-state index contributed by atoms with van der Waals surface area (Å²) in [7, 11) is 0. The molecule has 0 bridgehead atoms. The van der Waals surface area contributed by atoms with Crippen LogP contribution >= 0.6 is 23.5 Å². The van der Waals surface area contributed by atoms with Gasteiger partial charge in [-0.05, 0) is 30.5 Å². The number of aryl methyl sites for hydroxylation is 1. The molecule has 2 heterocycles. The van der Waals surface area contributed by atoms with Crippen molar-refractivity contribution >= 4 is 35.1 Å². The van der Waals surface area contributed by atoms with Crippen molar-refractivity contribution in [2.75, 3.05) is 17.2 Å². The van der Waals surface area contributed by atoms with Gasteiger partial charge in [-0.1, -0.05) is 62.0 Å². The number of anilines is 1. The number of thioether (sulfide) groups is 2. The largest absolute Gasteiger partial charge is 0.311 e. The molecule has 29 heavy (non-hydrogen) atoms. The van der Waals surface area contributed by atoms with Gasteiger partial charge in [0.05, 0.1) is 11.4 Å². The minimum atomic E-state index is 0.0933. The molecule has 0 fully saturated rings. The number of hydrogen-bond donors (Lipinski definition) is 1. The second-order valence-electron chi connectivity index (χ2n) is 7.04. The number of carbonyl (C=O) groups excluding carboxylic acids is 1. The summed E-state index contributed by atoms with van der Waals surface area (Å²) in [6.07, 6.45) is 1.99. The number of carbonyl (C=O) groups is 1. The van der Waals surface area contributed by atoms with Gasteiger partial charge in [0, 0.05) is 22.3 Å². The minimum absolute atomic E-state index is 0.0933. The maximum Gasteiger partial charge on any atom is 0.237 e. The fraction of sp³-hybridized carbons (Fsp3) is 0.318. The Balaban J connectivity index is 1.43. The Labute approximate surface area is 179 Å². The number of fused-ring (bicyclic) bond motifs is 1. The van der Waals surface area contributed by atoms with E-state index in [0.29, 0.717) is 16.2 Å². The van der Waals surface area contributed by atoms with Crippen molar-refractivity contribution in [3.05, 3.63) is 54.1 Å². The summed E-state index contributed by atoms with van der Waals surface area (Å²) in [5.74, 6) is 1.14. The van der Waals surface area contributed by atoms with E-state index in [4.69, 9.17) is 0 Å². The Kier molecular flexibility index (Phi) is 6.25. The number of nitrogens with one attached hydrogen (secondary N) is 1. The van der Waals surface area contributed by atoms with Gasteiger partial charge in [-0.25, -0.2) is 4.98 Å². The topological polar surface area (TPSA) is 61.9 Å². The monoisotopic (exact) mass is 424 g/mol. The van der Waals surface area contributed by atoms with Crippen molar-refractivity contribution in [2.45, 2.75) is 42.0 Å². The number of benzene rings is 2. The van der Waals surface area contributed by atoms with Crippen LogP contribution in [0.4, 0.5) is 5.69 Å². The third kappa shape index (κ3) is 4.67. The van der Waals surface area contributed by atoms with E-state index in [-0.39, 0.29) is 5.91 Å². The minimum Gasteiger partial charge on any atom is -0.311 e. The van der Waals surface area contributed by atoms with Crippen LogP contribution in [0.15, 0.2) is 58.6 Å². The van der Waals surface area contributed by atoms with Crippen LogP contribution in [0.3, 0.4) is 0 Å². The van der Waals surface area contributed by atoms with Crippen LogP contribution in [0.1, 0.15) is 25.8 Å². The Morgan fingerprint density at radius 3 is 2.83 bits per heavy atom. The van der Waals surface area contributed by atoms with Crippen molar-refractivity contribution in [3.8, 4) is 11.4 Å². The van der Waals surface area contributed by atoms with Crippen LogP contribution in [0.5, 0.6) is 0 Å². The number of H-pyrrole nitrogens is 1. The molecular formula is C22H24N4OS2. The Bertz CT molecular complexity index is 986. The SMILES string of the molecule is CCc1ccc(-c2nc(SCC(=O)N3CC[C@@H](C)Sc4ccccc43)n[nH]2)cc1. The summed E-state index contributed by atoms with van der Waals surface area (Å²) in [6.45, 7) is 5.09. The lowest BCUT2D eigenvalue weighted by Crippen LogP contribution is -2.33. The average molecular weight is 425 g/mol. The maximum absolute atomic E-state index is 13.0. The Hall–Kier alpha value is -2.25. The molecule has 3 aromatic rings. The third-order valence-electron chi connectivity index (χ3n) is 4.97. The zero-order valence-electron chi connectivity index (χ0n) is 16.6. The first-order chi connectivity index (χ1) is 14.1. The number of rotatable bonds is 5. The summed E-state index contributed by atoms with van der Waals surface area (Å²) in [5.41, 5.74) is 3.30. The number of aromatic nitrogens is 3. The predicted molar refractivity (Wildman–Crippen MR) is 121 cm³/mol. The van der Waals surface area contributed by atoms with Crippen molar-refractivity contribution in [2.24, 2.45) is 0 Å². The molecule has 2 aromatic carbocycles. The molecule has 7 heteroatoms. The fourth-order valence-electron chi connectivity index (χ4n) is 3.29. The molecule has 1 amide bonds. The van der Waals surface area contributed by atoms with Crippen LogP contribution in [-0.2, 0) is 11.2 Å². The molecule has 0 aliphatic carbocycles. The van der Waals surface area contributed by atoms with Gasteiger partial charge in [0.15, 0.2) is 5.82 Å². The number of aromatic amines is 1. The highest BCUT2D eigenvalue weighted by Crippen LogP contribution is 2.37. The van der Waals surface area contributed by atoms with Crippen LogP contribution < -0.4 is 4.90 Å². The molecule has 0 saturated carbocycles. The van der Waals surface area contributed by atoms with E-state index in [2.05, 4.69) is 47.2 Å². The lowest BCUT2D eigenvalue weighted by atomic mass is 10.1. The van der Waals surface area contributed by atoms with Gasteiger partial charge in [0.2, 0.25) is 11.1 Å². The van der Waals surface area contributed by atoms with Crippen molar-refractivity contribution < 1.29 is 4.79 Å². The molecule has 0 saturated heterocycles. The van der Waals surface area contributed by atoms with Crippen LogP contribution in [0, 0.1) is 0 Å². The number of nitrogens with zero attached hydrogens (tertiary/aromatic N) is 3. The van der Waals surface area contributed by atoms with E-state index >= 15 is 0 Å². The highest BCUT2D eigenvalue weighted by Gasteiger charge is 2.24. The average Bonchev–Trinajstić information content (AvgIpc) is 3.15. The highest BCUT2D eigenvalue weighted by atomic mass is 32.2. The van der Waals surface area contributed by atoms with Crippen molar-refractivity contribution in [1.82, 2.24) is 15.2 Å². The lowest BCUT2D eigenvalue weighted by Gasteiger charge is -2.22. The third-order valence-corrected chi connectivity index (χ3v) is 7.04. The predicted octanol–water partition coefficient (Wildman–Crippen LogP) is 5.04. The first-order valence-corrected chi connectivity index (χ1v) is 11.7. The van der Waals surface area contributed by atoms with E-state index in [0.717, 1.165) is 36.5 Å². The lowest BCUT2D eigenvalue weighted by molar-refractivity contribution is -0.116. The Morgan fingerprint density at radius 1 is 1.24 bits per heavy atom. The van der Waals surface area contributed by atoms with Gasteiger partial charge < -0.3 is 4.90 Å². The molecule has 0 unspecified atom stereocenters. The molecule has 1 atom stereocenters. The molecule has 1 aliphatic rings. The molecule has 1 aliphatic heterocycles. The second-order valence-corrected chi connectivity index (χ2v) is 9.46. The number of amides is 1. The number of para-hydroxylation sites is 1. The van der Waals surface area contributed by atoms with Crippen molar-refractivity contribution in [1.29, 1.82) is 0 Å². The van der Waals surface area contributed by atoms with Crippen molar-refractivity contribution in [3.63, 3.8) is 0 Å². The van der Waals surface area contributed by atoms with E-state index < -0.39 is 0 Å². The van der Waals surface area contributed by atoms with Crippen LogP contribution in [0.2, 0.25) is 0 Å². The van der Waals surface area contributed by atoms with Crippen LogP contribution in [0.25, 0.3) is 11.4 Å². The molecule has 0 spiro atoms. The zero-order chi connectivity index (χ0) is 20.2. The van der Waals surface area contributed by atoms with Gasteiger partial charge in [0.1, 0.15) is 0 Å². The summed E-state index contributed by atoms with van der Waals surface area (Å²) in [6, 6.07) is 16.5. The van der Waals surface area contributed by atoms with Gasteiger partial charge in [-0.2, -0.15) is 0 Å². The number of hydrogen-bond acceptors (Lipinski definition) is 5. The van der Waals surface area contributed by atoms with Gasteiger partial charge in [-0.3, -0.25) is 9.89 Å². The molecule has 1 N–H and O–H groups in total. The summed E-state index contributed by atoms with van der Waals surface area (Å²) in [5, 5.41) is 8.36. The summed E-state index contributed by atoms with van der Waals surface area (Å²) in [4.78, 5) is 20.6. The first-order valence-electron chi connectivity index (χ1n) is 9.84. The first kappa shape index (κ1) is 20.0. The quantitative estimate of drug-likeness (QED) is 0.581. The smallest absolute Gasteiger partial charge is 0.237 e. The summed E-state index contributed by atoms with van der Waals surface area (Å²) < 4.78 is 0. The normalized spacial score (nSPS) is 16.3. The van der Waals surface area contributed by atoms with Crippen LogP contribution in [-0.4, -0.2) is 38.6 Å². The molecule has 150 valence electrons. The van der Waals surface area contributed by atoms with E-state index in [1.54, 1.807) is 0 Å². The highest BCUT2D eigenvalue weighted by molar-refractivity contribution is 8.00. The maximum atomic E-state index is 13.0. The fourth-order valence-corrected chi connectivity index (χ4v) is 5.08.